The number of ether oxygens (including phenoxy) is 1. The monoisotopic (exact) mass is 328 g/mol. The molecule has 0 fully saturated rings. The summed E-state index contributed by atoms with van der Waals surface area (Å²) in [6.07, 6.45) is 1.53. The van der Waals surface area contributed by atoms with Gasteiger partial charge in [-0.05, 0) is 50.5 Å². The molecule has 1 N–H and O–H groups in total. The molecule has 1 aromatic heterocycles. The molecule has 120 valence electrons. The third kappa shape index (κ3) is 2.96. The molecule has 2 aromatic carbocycles. The van der Waals surface area contributed by atoms with Crippen LogP contribution in [0.2, 0.25) is 0 Å². The third-order valence-electron chi connectivity index (χ3n) is 4.06. The van der Waals surface area contributed by atoms with Crippen molar-refractivity contribution in [3.05, 3.63) is 51.7 Å². The summed E-state index contributed by atoms with van der Waals surface area (Å²) in [7, 11) is 0. The van der Waals surface area contributed by atoms with Gasteiger partial charge in [0.25, 0.3) is 0 Å². The fraction of sp³-hybridized carbons (Fsp3) is 0.316. The molecule has 0 amide bonds. The van der Waals surface area contributed by atoms with E-state index in [-0.39, 0.29) is 12.0 Å². The highest BCUT2D eigenvalue weighted by atomic mass is 32.1. The molecule has 23 heavy (non-hydrogen) atoms. The van der Waals surface area contributed by atoms with E-state index in [1.807, 2.05) is 44.2 Å². The average Bonchev–Trinajstić information content (AvgIpc) is 2.56. The molecule has 3 aromatic rings. The van der Waals surface area contributed by atoms with Crippen LogP contribution in [0.5, 0.6) is 5.75 Å². The molecule has 0 spiro atoms. The molecule has 1 heterocycles. The second-order valence-corrected chi connectivity index (χ2v) is 6.78. The van der Waals surface area contributed by atoms with Crippen LogP contribution >= 0.6 is 11.3 Å². The molecule has 0 bridgehead atoms. The predicted octanol–water partition coefficient (Wildman–Crippen LogP) is 4.18. The van der Waals surface area contributed by atoms with Crippen LogP contribution in [0.25, 0.3) is 20.2 Å². The maximum absolute atomic E-state index is 12.9. The van der Waals surface area contributed by atoms with Gasteiger partial charge in [-0.15, -0.1) is 11.3 Å². The van der Waals surface area contributed by atoms with Gasteiger partial charge in [0.15, 0.2) is 5.43 Å². The van der Waals surface area contributed by atoms with E-state index in [1.165, 1.54) is 0 Å². The predicted molar refractivity (Wildman–Crippen MR) is 96.9 cm³/mol. The number of hydrogen-bond donors (Lipinski definition) is 1. The van der Waals surface area contributed by atoms with Crippen molar-refractivity contribution in [3.8, 4) is 5.75 Å². The van der Waals surface area contributed by atoms with E-state index in [1.54, 1.807) is 11.3 Å². The lowest BCUT2D eigenvalue weighted by molar-refractivity contribution is 0.252. The van der Waals surface area contributed by atoms with Crippen molar-refractivity contribution in [2.45, 2.75) is 26.7 Å². The first kappa shape index (κ1) is 16.0. The van der Waals surface area contributed by atoms with Crippen LogP contribution in [-0.4, -0.2) is 18.3 Å². The molecule has 3 rings (SSSR count). The Bertz CT molecular complexity index is 912. The quantitative estimate of drug-likeness (QED) is 0.564. The van der Waals surface area contributed by atoms with Crippen molar-refractivity contribution in [1.82, 2.24) is 0 Å². The second kappa shape index (κ2) is 6.69. The Hall–Kier alpha value is -1.91. The summed E-state index contributed by atoms with van der Waals surface area (Å²) in [5.41, 5.74) is 2.05. The number of aliphatic hydroxyl groups is 1. The van der Waals surface area contributed by atoms with Crippen molar-refractivity contribution in [2.24, 2.45) is 0 Å². The van der Waals surface area contributed by atoms with E-state index in [9.17, 15) is 4.79 Å². The number of fused-ring (bicyclic) bond motifs is 2. The maximum Gasteiger partial charge on any atom is 0.196 e. The first-order valence-electron chi connectivity index (χ1n) is 7.83. The number of rotatable bonds is 5. The zero-order valence-corrected chi connectivity index (χ0v) is 14.2. The number of hydrogen-bond acceptors (Lipinski definition) is 4. The highest BCUT2D eigenvalue weighted by molar-refractivity contribution is 7.24. The molecule has 4 heteroatoms. The van der Waals surface area contributed by atoms with E-state index in [4.69, 9.17) is 9.84 Å². The highest BCUT2D eigenvalue weighted by Crippen LogP contribution is 2.34. The summed E-state index contributed by atoms with van der Waals surface area (Å²) in [4.78, 5) is 12.9. The molecule has 0 atom stereocenters. The fourth-order valence-corrected chi connectivity index (χ4v) is 4.00. The normalized spacial score (nSPS) is 11.3. The lowest BCUT2D eigenvalue weighted by atomic mass is 10.0. The zero-order valence-electron chi connectivity index (χ0n) is 13.4. The summed E-state index contributed by atoms with van der Waals surface area (Å²) in [6, 6.07) is 9.76. The number of aliphatic hydroxyl groups excluding tert-OH is 1. The van der Waals surface area contributed by atoms with Crippen molar-refractivity contribution in [2.75, 3.05) is 13.2 Å². The second-order valence-electron chi connectivity index (χ2n) is 5.73. The summed E-state index contributed by atoms with van der Waals surface area (Å²) in [5.74, 6) is 0.771. The first-order chi connectivity index (χ1) is 11.1. The van der Waals surface area contributed by atoms with Gasteiger partial charge in [0.1, 0.15) is 5.75 Å². The smallest absolute Gasteiger partial charge is 0.196 e. The molecule has 0 unspecified atom stereocenters. The molecule has 0 aliphatic carbocycles. The summed E-state index contributed by atoms with van der Waals surface area (Å²) in [5, 5.41) is 10.4. The Morgan fingerprint density at radius 1 is 1.17 bits per heavy atom. The maximum atomic E-state index is 12.9. The van der Waals surface area contributed by atoms with Crippen LogP contribution in [0.15, 0.2) is 35.1 Å². The van der Waals surface area contributed by atoms with Crippen molar-refractivity contribution in [3.63, 3.8) is 0 Å². The van der Waals surface area contributed by atoms with E-state index >= 15 is 0 Å². The molecule has 3 nitrogen and oxygen atoms in total. The zero-order chi connectivity index (χ0) is 16.4. The van der Waals surface area contributed by atoms with Crippen LogP contribution in [0.4, 0.5) is 0 Å². The Labute approximate surface area is 139 Å². The van der Waals surface area contributed by atoms with Gasteiger partial charge < -0.3 is 9.84 Å². The van der Waals surface area contributed by atoms with Gasteiger partial charge in [-0.25, -0.2) is 0 Å². The lowest BCUT2D eigenvalue weighted by Gasteiger charge is -2.13. The van der Waals surface area contributed by atoms with Gasteiger partial charge in [-0.3, -0.25) is 4.79 Å². The van der Waals surface area contributed by atoms with Crippen molar-refractivity contribution < 1.29 is 9.84 Å². The lowest BCUT2D eigenvalue weighted by Crippen LogP contribution is -2.06. The third-order valence-corrected chi connectivity index (χ3v) is 5.36. The Balaban J connectivity index is 2.15. The van der Waals surface area contributed by atoms with E-state index in [0.717, 1.165) is 49.9 Å². The van der Waals surface area contributed by atoms with E-state index in [2.05, 4.69) is 0 Å². The van der Waals surface area contributed by atoms with Crippen LogP contribution < -0.4 is 10.2 Å². The number of benzene rings is 2. The molecule has 0 aliphatic heterocycles. The summed E-state index contributed by atoms with van der Waals surface area (Å²) >= 11 is 1.66. The topological polar surface area (TPSA) is 46.5 Å². The van der Waals surface area contributed by atoms with E-state index in [0.29, 0.717) is 6.61 Å². The van der Waals surface area contributed by atoms with Crippen molar-refractivity contribution >= 4 is 31.5 Å². The van der Waals surface area contributed by atoms with Crippen molar-refractivity contribution in [1.29, 1.82) is 0 Å². The van der Waals surface area contributed by atoms with Crippen LogP contribution in [0, 0.1) is 13.8 Å². The Morgan fingerprint density at radius 3 is 2.74 bits per heavy atom. The van der Waals surface area contributed by atoms with Gasteiger partial charge in [0.2, 0.25) is 0 Å². The molecule has 0 saturated carbocycles. The molecular formula is C19H20O3S. The van der Waals surface area contributed by atoms with Crippen LogP contribution in [0.3, 0.4) is 0 Å². The van der Waals surface area contributed by atoms with E-state index < -0.39 is 0 Å². The minimum absolute atomic E-state index is 0.0794. The first-order valence-corrected chi connectivity index (χ1v) is 8.64. The molecule has 0 aliphatic rings. The van der Waals surface area contributed by atoms with Crippen LogP contribution in [0.1, 0.15) is 24.0 Å². The fourth-order valence-electron chi connectivity index (χ4n) is 2.80. The number of unbranched alkanes of at least 4 members (excludes halogenated alkanes) is 1. The van der Waals surface area contributed by atoms with Gasteiger partial charge in [-0.2, -0.15) is 0 Å². The summed E-state index contributed by atoms with van der Waals surface area (Å²) < 4.78 is 7.90. The standard InChI is InChI=1S/C19H20O3S/c1-12-11-15(22-10-6-5-9-20)13(2)17-18(21)14-7-3-4-8-16(14)23-19(12)17/h3-4,7-8,11,20H,5-6,9-10H2,1-2H3. The largest absolute Gasteiger partial charge is 0.493 e. The van der Waals surface area contributed by atoms with Gasteiger partial charge in [0, 0.05) is 32.3 Å². The molecule has 0 saturated heterocycles. The minimum atomic E-state index is 0.0794. The van der Waals surface area contributed by atoms with Crippen LogP contribution in [-0.2, 0) is 0 Å². The molecular weight excluding hydrogens is 308 g/mol. The average molecular weight is 328 g/mol. The number of aryl methyl sites for hydroxylation is 2. The highest BCUT2D eigenvalue weighted by Gasteiger charge is 2.14. The Kier molecular flexibility index (Phi) is 4.64. The SMILES string of the molecule is Cc1cc(OCCCCO)c(C)c2c(=O)c3ccccc3sc12. The van der Waals surface area contributed by atoms with Gasteiger partial charge in [0.05, 0.1) is 6.61 Å². The van der Waals surface area contributed by atoms with Gasteiger partial charge >= 0.3 is 0 Å². The van der Waals surface area contributed by atoms with Gasteiger partial charge in [-0.1, -0.05) is 12.1 Å². The minimum Gasteiger partial charge on any atom is -0.493 e. The Morgan fingerprint density at radius 2 is 1.96 bits per heavy atom. The molecule has 0 radical (unpaired) electrons. The summed E-state index contributed by atoms with van der Waals surface area (Å²) in [6.45, 7) is 4.70.